The average molecular weight is 296 g/mol. The van der Waals surface area contributed by atoms with Gasteiger partial charge in [0.15, 0.2) is 0 Å². The zero-order chi connectivity index (χ0) is 13.5. The molecule has 1 rings (SSSR count). The van der Waals surface area contributed by atoms with Crippen LogP contribution >= 0.6 is 23.2 Å². The fourth-order valence-corrected chi connectivity index (χ4v) is 1.35. The molecule has 0 bridgehead atoms. The van der Waals surface area contributed by atoms with Crippen molar-refractivity contribution >= 4 is 28.9 Å². The monoisotopic (exact) mass is 295 g/mol. The van der Waals surface area contributed by atoms with E-state index in [2.05, 4.69) is 15.2 Å². The molecule has 0 saturated carbocycles. The van der Waals surface area contributed by atoms with Crippen LogP contribution in [0, 0.1) is 5.53 Å². The highest BCUT2D eigenvalue weighted by Crippen LogP contribution is 2.29. The van der Waals surface area contributed by atoms with Crippen molar-refractivity contribution in [3.8, 4) is 5.75 Å². The smallest absolute Gasteiger partial charge is 0.387 e. The summed E-state index contributed by atoms with van der Waals surface area (Å²) in [5, 5.41) is 5.97. The van der Waals surface area contributed by atoms with Crippen molar-refractivity contribution < 1.29 is 13.5 Å². The number of ether oxygens (including phenoxy) is 1. The topological polar surface area (TPSA) is 57.5 Å². The van der Waals surface area contributed by atoms with E-state index in [1.165, 1.54) is 18.3 Å². The minimum absolute atomic E-state index is 0.0600. The molecular formula is C10H9Cl2F2N3O. The fraction of sp³-hybridized carbons (Fsp3) is 0.200. The molecule has 0 aliphatic rings. The Balaban J connectivity index is 2.84. The molecule has 0 amide bonds. The molecule has 0 radical (unpaired) electrons. The summed E-state index contributed by atoms with van der Waals surface area (Å²) in [6, 6.07) is 4.28. The normalized spacial score (nSPS) is 11.5. The second kappa shape index (κ2) is 7.13. The van der Waals surface area contributed by atoms with E-state index in [1.807, 2.05) is 0 Å². The third-order valence-electron chi connectivity index (χ3n) is 1.83. The molecule has 0 aliphatic carbocycles. The largest absolute Gasteiger partial charge is 0.433 e. The quantitative estimate of drug-likeness (QED) is 0.601. The number of halogens is 4. The lowest BCUT2D eigenvalue weighted by Gasteiger charge is -2.09. The number of alkyl halides is 3. The molecule has 0 aliphatic heterocycles. The van der Waals surface area contributed by atoms with Crippen LogP contribution in [-0.4, -0.2) is 12.5 Å². The van der Waals surface area contributed by atoms with Gasteiger partial charge in [0.1, 0.15) is 5.75 Å². The highest BCUT2D eigenvalue weighted by Gasteiger charge is 2.09. The van der Waals surface area contributed by atoms with E-state index in [-0.39, 0.29) is 16.7 Å². The number of hydrogen-bond acceptors (Lipinski definition) is 4. The maximum absolute atomic E-state index is 12.1. The highest BCUT2D eigenvalue weighted by atomic mass is 35.5. The van der Waals surface area contributed by atoms with Crippen molar-refractivity contribution in [1.82, 2.24) is 0 Å². The predicted octanol–water partition coefficient (Wildman–Crippen LogP) is 4.46. The van der Waals surface area contributed by atoms with Crippen molar-refractivity contribution in [2.75, 3.05) is 11.2 Å². The molecule has 0 fully saturated rings. The lowest BCUT2D eigenvalue weighted by molar-refractivity contribution is -0.0497. The van der Waals surface area contributed by atoms with E-state index in [0.29, 0.717) is 11.4 Å². The Morgan fingerprint density at radius 1 is 1.56 bits per heavy atom. The van der Waals surface area contributed by atoms with Crippen LogP contribution in [0.2, 0.25) is 5.02 Å². The summed E-state index contributed by atoms with van der Waals surface area (Å²) in [6.07, 6.45) is 1.38. The van der Waals surface area contributed by atoms with Gasteiger partial charge in [0.2, 0.25) is 0 Å². The number of rotatable bonds is 6. The van der Waals surface area contributed by atoms with Crippen LogP contribution in [0.1, 0.15) is 0 Å². The summed E-state index contributed by atoms with van der Waals surface area (Å²) in [5.74, 6) is -0.0786. The van der Waals surface area contributed by atoms with Crippen molar-refractivity contribution in [1.29, 1.82) is 5.53 Å². The van der Waals surface area contributed by atoms with Gasteiger partial charge in [-0.1, -0.05) is 11.6 Å². The Kier molecular flexibility index (Phi) is 5.80. The molecule has 98 valence electrons. The van der Waals surface area contributed by atoms with Crippen molar-refractivity contribution in [2.45, 2.75) is 6.61 Å². The fourth-order valence-electron chi connectivity index (χ4n) is 1.05. The SMILES string of the molecule is N=N/C(=C\Nc1ccc(Cl)c(OC(F)F)c1)CCl. The van der Waals surface area contributed by atoms with E-state index in [4.69, 9.17) is 28.7 Å². The maximum atomic E-state index is 12.1. The molecular weight excluding hydrogens is 287 g/mol. The number of nitrogens with zero attached hydrogens (tertiary/aromatic N) is 1. The van der Waals surface area contributed by atoms with Crippen LogP contribution in [0.15, 0.2) is 35.2 Å². The van der Waals surface area contributed by atoms with Gasteiger partial charge in [-0.15, -0.1) is 11.6 Å². The first-order valence-corrected chi connectivity index (χ1v) is 5.61. The van der Waals surface area contributed by atoms with E-state index in [0.717, 1.165) is 0 Å². The third-order valence-corrected chi connectivity index (χ3v) is 2.42. The van der Waals surface area contributed by atoms with Gasteiger partial charge in [0.25, 0.3) is 0 Å². The number of nitrogens with one attached hydrogen (secondary N) is 2. The van der Waals surface area contributed by atoms with Gasteiger partial charge < -0.3 is 10.1 Å². The summed E-state index contributed by atoms with van der Waals surface area (Å²) in [5.41, 5.74) is 7.54. The molecule has 0 saturated heterocycles. The summed E-state index contributed by atoms with van der Waals surface area (Å²) >= 11 is 11.2. The van der Waals surface area contributed by atoms with E-state index >= 15 is 0 Å². The minimum atomic E-state index is -2.95. The van der Waals surface area contributed by atoms with Crippen LogP contribution in [0.4, 0.5) is 14.5 Å². The zero-order valence-corrected chi connectivity index (χ0v) is 10.5. The molecule has 0 unspecified atom stereocenters. The Morgan fingerprint density at radius 3 is 2.83 bits per heavy atom. The lowest BCUT2D eigenvalue weighted by atomic mass is 10.3. The summed E-state index contributed by atoms with van der Waals surface area (Å²) < 4.78 is 28.4. The predicted molar refractivity (Wildman–Crippen MR) is 65.7 cm³/mol. The molecule has 8 heteroatoms. The molecule has 0 spiro atoms. The van der Waals surface area contributed by atoms with Crippen molar-refractivity contribution in [3.05, 3.63) is 35.1 Å². The Bertz CT molecular complexity index is 455. The second-order valence-electron chi connectivity index (χ2n) is 3.05. The molecule has 2 N–H and O–H groups in total. The molecule has 1 aromatic carbocycles. The van der Waals surface area contributed by atoms with Crippen molar-refractivity contribution in [2.24, 2.45) is 5.11 Å². The van der Waals surface area contributed by atoms with Crippen LogP contribution in [0.3, 0.4) is 0 Å². The van der Waals surface area contributed by atoms with E-state index in [1.54, 1.807) is 6.07 Å². The number of benzene rings is 1. The van der Waals surface area contributed by atoms with Crippen LogP contribution in [0.25, 0.3) is 0 Å². The number of anilines is 1. The first kappa shape index (κ1) is 14.7. The van der Waals surface area contributed by atoms with Crippen LogP contribution in [-0.2, 0) is 0 Å². The first-order valence-electron chi connectivity index (χ1n) is 4.70. The maximum Gasteiger partial charge on any atom is 0.387 e. The van der Waals surface area contributed by atoms with Gasteiger partial charge in [-0.2, -0.15) is 13.9 Å². The van der Waals surface area contributed by atoms with Crippen LogP contribution in [0.5, 0.6) is 5.75 Å². The van der Waals surface area contributed by atoms with Crippen LogP contribution < -0.4 is 10.1 Å². The Labute approximate surface area is 112 Å². The summed E-state index contributed by atoms with van der Waals surface area (Å²) in [4.78, 5) is 0. The third kappa shape index (κ3) is 4.46. The minimum Gasteiger partial charge on any atom is -0.433 e. The second-order valence-corrected chi connectivity index (χ2v) is 3.72. The van der Waals surface area contributed by atoms with Gasteiger partial charge in [-0.25, -0.2) is 5.53 Å². The molecule has 0 heterocycles. The lowest BCUT2D eigenvalue weighted by Crippen LogP contribution is -2.03. The van der Waals surface area contributed by atoms with Gasteiger partial charge >= 0.3 is 6.61 Å². The molecule has 1 aromatic rings. The average Bonchev–Trinajstić information content (AvgIpc) is 2.33. The first-order chi connectivity index (χ1) is 8.56. The Morgan fingerprint density at radius 2 is 2.28 bits per heavy atom. The Hall–Kier alpha value is -1.40. The van der Waals surface area contributed by atoms with Gasteiger partial charge in [-0.3, -0.25) is 0 Å². The van der Waals surface area contributed by atoms with E-state index in [9.17, 15) is 8.78 Å². The highest BCUT2D eigenvalue weighted by molar-refractivity contribution is 6.32. The molecule has 4 nitrogen and oxygen atoms in total. The number of hydrogen-bond donors (Lipinski definition) is 2. The van der Waals surface area contributed by atoms with E-state index < -0.39 is 6.61 Å². The molecule has 0 atom stereocenters. The summed E-state index contributed by atoms with van der Waals surface area (Å²) in [6.45, 7) is -2.95. The molecule has 0 aromatic heterocycles. The van der Waals surface area contributed by atoms with Gasteiger partial charge in [-0.05, 0) is 12.1 Å². The number of allylic oxidation sites excluding steroid dienone is 1. The van der Waals surface area contributed by atoms with Gasteiger partial charge in [0.05, 0.1) is 16.6 Å². The van der Waals surface area contributed by atoms with Crippen molar-refractivity contribution in [3.63, 3.8) is 0 Å². The zero-order valence-electron chi connectivity index (χ0n) is 8.96. The molecule has 18 heavy (non-hydrogen) atoms. The van der Waals surface area contributed by atoms with Gasteiger partial charge in [0, 0.05) is 18.0 Å². The summed E-state index contributed by atoms with van der Waals surface area (Å²) in [7, 11) is 0. The standard InChI is InChI=1S/C10H9Cl2F2N3O/c11-4-7(17-15)5-16-6-1-2-8(12)9(3-6)18-10(13)14/h1-3,5,10,15-16H,4H2/b7-5-,17-15?.